The first-order valence-electron chi connectivity index (χ1n) is 8.27. The molecule has 3 rings (SSSR count). The fraction of sp³-hybridized carbons (Fsp3) is 0.150. The van der Waals surface area contributed by atoms with Crippen LogP contribution in [0.15, 0.2) is 67.1 Å². The van der Waals surface area contributed by atoms with E-state index >= 15 is 0 Å². The lowest BCUT2D eigenvalue weighted by atomic mass is 10.1. The Morgan fingerprint density at radius 2 is 1.82 bits per heavy atom. The van der Waals surface area contributed by atoms with Gasteiger partial charge < -0.3 is 9.64 Å². The maximum atomic E-state index is 12.6. The third-order valence-electron chi connectivity index (χ3n) is 3.98. The zero-order valence-corrected chi connectivity index (χ0v) is 14.8. The summed E-state index contributed by atoms with van der Waals surface area (Å²) in [6.07, 6.45) is 0.370. The maximum Gasteiger partial charge on any atom is 0.416 e. The molecule has 0 fully saturated rings. The number of rotatable bonds is 5. The molecule has 0 bridgehead atoms. The molecule has 0 N–H and O–H groups in total. The van der Waals surface area contributed by atoms with Gasteiger partial charge in [0.25, 0.3) is 5.91 Å². The maximum absolute atomic E-state index is 12.6. The lowest BCUT2D eigenvalue weighted by Crippen LogP contribution is -2.26. The van der Waals surface area contributed by atoms with Crippen LogP contribution in [-0.4, -0.2) is 22.9 Å². The number of pyridine rings is 2. The van der Waals surface area contributed by atoms with E-state index in [1.807, 2.05) is 6.07 Å². The quantitative estimate of drug-likeness (QED) is 0.653. The fourth-order valence-electron chi connectivity index (χ4n) is 2.41. The molecule has 0 atom stereocenters. The number of aromatic nitrogens is 2. The van der Waals surface area contributed by atoms with Crippen LogP contribution in [0.2, 0.25) is 0 Å². The van der Waals surface area contributed by atoms with Gasteiger partial charge in [0.2, 0.25) is 5.88 Å². The highest BCUT2D eigenvalue weighted by Crippen LogP contribution is 2.29. The molecular weight excluding hydrogens is 371 g/mol. The normalized spacial score (nSPS) is 11.1. The monoisotopic (exact) mass is 387 g/mol. The van der Waals surface area contributed by atoms with Gasteiger partial charge in [0.05, 0.1) is 17.4 Å². The number of benzene rings is 1. The second-order valence-corrected chi connectivity index (χ2v) is 5.94. The predicted molar refractivity (Wildman–Crippen MR) is 97.0 cm³/mol. The third-order valence-corrected chi connectivity index (χ3v) is 3.98. The number of alkyl halides is 3. The summed E-state index contributed by atoms with van der Waals surface area (Å²) in [7, 11) is 1.52. The van der Waals surface area contributed by atoms with Crippen molar-refractivity contribution in [1.82, 2.24) is 9.97 Å². The Labute approximate surface area is 159 Å². The van der Waals surface area contributed by atoms with Gasteiger partial charge >= 0.3 is 6.18 Å². The van der Waals surface area contributed by atoms with Crippen LogP contribution in [-0.2, 0) is 12.8 Å². The smallest absolute Gasteiger partial charge is 0.416 e. The average Bonchev–Trinajstić information content (AvgIpc) is 2.72. The van der Waals surface area contributed by atoms with Crippen LogP contribution in [0.25, 0.3) is 0 Å². The van der Waals surface area contributed by atoms with Crippen LogP contribution in [0, 0.1) is 0 Å². The van der Waals surface area contributed by atoms with E-state index in [1.165, 1.54) is 18.1 Å². The zero-order chi connectivity index (χ0) is 20.1. The second-order valence-electron chi connectivity index (χ2n) is 5.94. The number of anilines is 1. The number of amides is 1. The molecule has 0 aliphatic heterocycles. The van der Waals surface area contributed by atoms with Gasteiger partial charge in [-0.2, -0.15) is 13.2 Å². The van der Waals surface area contributed by atoms with E-state index in [1.54, 1.807) is 30.6 Å². The molecule has 1 amide bonds. The van der Waals surface area contributed by atoms with Gasteiger partial charge in [0, 0.05) is 36.6 Å². The molecule has 0 spiro atoms. The van der Waals surface area contributed by atoms with Gasteiger partial charge in [-0.05, 0) is 36.4 Å². The first-order chi connectivity index (χ1) is 13.3. The van der Waals surface area contributed by atoms with Crippen molar-refractivity contribution >= 4 is 11.6 Å². The highest BCUT2D eigenvalue weighted by Gasteiger charge is 2.30. The molecule has 2 heterocycles. The Morgan fingerprint density at radius 3 is 2.39 bits per heavy atom. The molecule has 0 saturated carbocycles. The molecule has 28 heavy (non-hydrogen) atoms. The van der Waals surface area contributed by atoms with Gasteiger partial charge in [-0.25, -0.2) is 4.98 Å². The molecule has 144 valence electrons. The Hall–Kier alpha value is -3.42. The van der Waals surface area contributed by atoms with Crippen molar-refractivity contribution < 1.29 is 22.7 Å². The minimum absolute atomic E-state index is 0.146. The minimum atomic E-state index is -4.44. The summed E-state index contributed by atoms with van der Waals surface area (Å²) in [6.45, 7) is 0.306. The standard InChI is InChI=1S/C20H16F3N3O2/c1-26(19(27)15-4-6-16(7-5-15)20(21,22)23)17-8-9-18(25-12-17)28-13-14-3-2-10-24-11-14/h2-12H,13H2,1H3. The van der Waals surface area contributed by atoms with E-state index in [4.69, 9.17) is 4.74 Å². The Bertz CT molecular complexity index is 928. The molecule has 5 nitrogen and oxygen atoms in total. The second kappa shape index (κ2) is 8.08. The topological polar surface area (TPSA) is 55.3 Å². The van der Waals surface area contributed by atoms with Crippen LogP contribution < -0.4 is 9.64 Å². The van der Waals surface area contributed by atoms with Gasteiger partial charge in [-0.1, -0.05) is 6.07 Å². The highest BCUT2D eigenvalue weighted by atomic mass is 19.4. The number of carbonyl (C=O) groups excluding carboxylic acids is 1. The number of halogens is 3. The molecular formula is C20H16F3N3O2. The Balaban J connectivity index is 1.65. The summed E-state index contributed by atoms with van der Waals surface area (Å²) < 4.78 is 43.5. The molecule has 8 heteroatoms. The summed E-state index contributed by atoms with van der Waals surface area (Å²) in [6, 6.07) is 11.0. The van der Waals surface area contributed by atoms with Crippen LogP contribution in [0.3, 0.4) is 0 Å². The number of carbonyl (C=O) groups is 1. The fourth-order valence-corrected chi connectivity index (χ4v) is 2.41. The van der Waals surface area contributed by atoms with Crippen molar-refractivity contribution in [3.8, 4) is 5.88 Å². The van der Waals surface area contributed by atoms with E-state index in [0.29, 0.717) is 18.2 Å². The van der Waals surface area contributed by atoms with Crippen molar-refractivity contribution in [3.63, 3.8) is 0 Å². The van der Waals surface area contributed by atoms with Crippen LogP contribution in [0.5, 0.6) is 5.88 Å². The third kappa shape index (κ3) is 4.64. The van der Waals surface area contributed by atoms with Crippen molar-refractivity contribution in [2.75, 3.05) is 11.9 Å². The van der Waals surface area contributed by atoms with Gasteiger partial charge in [0.1, 0.15) is 6.61 Å². The summed E-state index contributed by atoms with van der Waals surface area (Å²) in [5, 5.41) is 0. The summed E-state index contributed by atoms with van der Waals surface area (Å²) in [5.74, 6) is -0.0671. The van der Waals surface area contributed by atoms with Crippen molar-refractivity contribution in [1.29, 1.82) is 0 Å². The van der Waals surface area contributed by atoms with Gasteiger partial charge in [0.15, 0.2) is 0 Å². The first-order valence-corrected chi connectivity index (χ1v) is 8.27. The van der Waals surface area contributed by atoms with Crippen molar-refractivity contribution in [3.05, 3.63) is 83.8 Å². The van der Waals surface area contributed by atoms with Crippen LogP contribution >= 0.6 is 0 Å². The number of hydrogen-bond acceptors (Lipinski definition) is 4. The molecule has 0 saturated heterocycles. The summed E-state index contributed by atoms with van der Waals surface area (Å²) in [5.41, 5.74) is 0.720. The summed E-state index contributed by atoms with van der Waals surface area (Å²) >= 11 is 0. The molecule has 0 radical (unpaired) electrons. The number of hydrogen-bond donors (Lipinski definition) is 0. The van der Waals surface area contributed by atoms with Gasteiger partial charge in [-0.3, -0.25) is 9.78 Å². The zero-order valence-electron chi connectivity index (χ0n) is 14.8. The SMILES string of the molecule is CN(C(=O)c1ccc(C(F)(F)F)cc1)c1ccc(OCc2cccnc2)nc1. The molecule has 0 unspecified atom stereocenters. The molecule has 0 aliphatic rings. The van der Waals surface area contributed by atoms with E-state index in [0.717, 1.165) is 29.8 Å². The Kier molecular flexibility index (Phi) is 5.58. The first kappa shape index (κ1) is 19.3. The Morgan fingerprint density at radius 1 is 1.07 bits per heavy atom. The number of ether oxygens (including phenoxy) is 1. The van der Waals surface area contributed by atoms with Crippen molar-refractivity contribution in [2.45, 2.75) is 12.8 Å². The largest absolute Gasteiger partial charge is 0.473 e. The average molecular weight is 387 g/mol. The molecule has 3 aromatic rings. The summed E-state index contributed by atoms with van der Waals surface area (Å²) in [4.78, 5) is 21.9. The van der Waals surface area contributed by atoms with Crippen LogP contribution in [0.4, 0.5) is 18.9 Å². The number of nitrogens with zero attached hydrogens (tertiary/aromatic N) is 3. The van der Waals surface area contributed by atoms with Crippen LogP contribution in [0.1, 0.15) is 21.5 Å². The highest BCUT2D eigenvalue weighted by molar-refractivity contribution is 6.05. The molecule has 2 aromatic heterocycles. The van der Waals surface area contributed by atoms with E-state index in [2.05, 4.69) is 9.97 Å². The predicted octanol–water partition coefficient (Wildman–Crippen LogP) is 4.35. The molecule has 1 aromatic carbocycles. The van der Waals surface area contributed by atoms with E-state index in [9.17, 15) is 18.0 Å². The lowest BCUT2D eigenvalue weighted by molar-refractivity contribution is -0.137. The van der Waals surface area contributed by atoms with Gasteiger partial charge in [-0.15, -0.1) is 0 Å². The van der Waals surface area contributed by atoms with E-state index in [-0.39, 0.29) is 5.56 Å². The van der Waals surface area contributed by atoms with Crippen molar-refractivity contribution in [2.24, 2.45) is 0 Å². The minimum Gasteiger partial charge on any atom is -0.473 e. The van der Waals surface area contributed by atoms with E-state index < -0.39 is 17.6 Å². The molecule has 0 aliphatic carbocycles. The lowest BCUT2D eigenvalue weighted by Gasteiger charge is -2.18.